The second-order valence-electron chi connectivity index (χ2n) is 5.78. The van der Waals surface area contributed by atoms with Crippen LogP contribution in [0.2, 0.25) is 0 Å². The molecule has 3 rings (SSSR count). The van der Waals surface area contributed by atoms with Gasteiger partial charge in [0.25, 0.3) is 11.6 Å². The topological polar surface area (TPSA) is 132 Å². The molecule has 0 atom stereocenters. The van der Waals surface area contributed by atoms with E-state index in [1.54, 1.807) is 31.4 Å². The molecule has 0 spiro atoms. The van der Waals surface area contributed by atoms with Gasteiger partial charge < -0.3 is 9.47 Å². The molecule has 0 fully saturated rings. The van der Waals surface area contributed by atoms with Crippen molar-refractivity contribution in [3.8, 4) is 22.8 Å². The summed E-state index contributed by atoms with van der Waals surface area (Å²) in [5.74, 6) is 0.702. The normalized spacial score (nSPS) is 10.7. The Morgan fingerprint density at radius 1 is 1.17 bits per heavy atom. The van der Waals surface area contributed by atoms with Gasteiger partial charge in [0, 0.05) is 23.8 Å². The number of hydrazone groups is 1. The van der Waals surface area contributed by atoms with Gasteiger partial charge in [0.1, 0.15) is 17.2 Å². The second-order valence-corrected chi connectivity index (χ2v) is 5.78. The smallest absolute Gasteiger partial charge is 0.289 e. The van der Waals surface area contributed by atoms with E-state index in [9.17, 15) is 14.9 Å². The maximum atomic E-state index is 12.2. The highest BCUT2D eigenvalue weighted by molar-refractivity contribution is 5.94. The lowest BCUT2D eigenvalue weighted by Crippen LogP contribution is -2.17. The number of hydrogen-bond donors (Lipinski definition) is 2. The van der Waals surface area contributed by atoms with Gasteiger partial charge in [0.2, 0.25) is 0 Å². The molecule has 0 saturated carbocycles. The van der Waals surface area contributed by atoms with Crippen LogP contribution in [0.1, 0.15) is 16.1 Å². The van der Waals surface area contributed by atoms with Crippen molar-refractivity contribution in [3.05, 3.63) is 69.9 Å². The van der Waals surface area contributed by atoms with E-state index in [1.165, 1.54) is 37.6 Å². The third-order valence-corrected chi connectivity index (χ3v) is 3.99. The Hall–Kier alpha value is -4.21. The van der Waals surface area contributed by atoms with E-state index in [1.807, 2.05) is 0 Å². The first kappa shape index (κ1) is 19.5. The van der Waals surface area contributed by atoms with E-state index in [4.69, 9.17) is 9.47 Å². The zero-order valence-corrected chi connectivity index (χ0v) is 15.6. The summed E-state index contributed by atoms with van der Waals surface area (Å²) in [6.07, 6.45) is 1.38. The van der Waals surface area contributed by atoms with Gasteiger partial charge >= 0.3 is 0 Å². The lowest BCUT2D eigenvalue weighted by molar-refractivity contribution is -0.384. The number of carbonyl (C=O) groups excluding carboxylic acids is 1. The summed E-state index contributed by atoms with van der Waals surface area (Å²) in [5.41, 5.74) is 4.37. The van der Waals surface area contributed by atoms with Crippen LogP contribution >= 0.6 is 0 Å². The number of nitrogens with zero attached hydrogens (tertiary/aromatic N) is 3. The number of non-ortho nitro benzene ring substituents is 1. The molecule has 29 heavy (non-hydrogen) atoms. The molecule has 10 nitrogen and oxygen atoms in total. The number of ether oxygens (including phenoxy) is 2. The molecule has 1 heterocycles. The van der Waals surface area contributed by atoms with Crippen molar-refractivity contribution in [1.82, 2.24) is 15.6 Å². The van der Waals surface area contributed by atoms with Gasteiger partial charge in [-0.15, -0.1) is 0 Å². The average molecular weight is 395 g/mol. The first-order chi connectivity index (χ1) is 14.0. The molecular weight excluding hydrogens is 378 g/mol. The minimum Gasteiger partial charge on any atom is -0.497 e. The van der Waals surface area contributed by atoms with Gasteiger partial charge in [0.05, 0.1) is 31.1 Å². The van der Waals surface area contributed by atoms with Crippen molar-refractivity contribution in [3.63, 3.8) is 0 Å². The maximum Gasteiger partial charge on any atom is 0.289 e. The number of aromatic nitrogens is 2. The maximum absolute atomic E-state index is 12.2. The van der Waals surface area contributed by atoms with Gasteiger partial charge in [0.15, 0.2) is 0 Å². The van der Waals surface area contributed by atoms with Gasteiger partial charge in [-0.1, -0.05) is 0 Å². The number of hydrogen-bond acceptors (Lipinski definition) is 7. The highest BCUT2D eigenvalue weighted by Crippen LogP contribution is 2.32. The van der Waals surface area contributed by atoms with Gasteiger partial charge in [-0.05, 0) is 35.9 Å². The van der Waals surface area contributed by atoms with Crippen LogP contribution in [0.4, 0.5) is 5.69 Å². The predicted molar refractivity (Wildman–Crippen MR) is 105 cm³/mol. The molecule has 1 aromatic heterocycles. The number of methoxy groups -OCH3 is 2. The zero-order valence-electron chi connectivity index (χ0n) is 15.6. The fourth-order valence-electron chi connectivity index (χ4n) is 2.49. The van der Waals surface area contributed by atoms with Gasteiger partial charge in [-0.25, -0.2) is 5.43 Å². The summed E-state index contributed by atoms with van der Waals surface area (Å²) in [4.78, 5) is 22.4. The summed E-state index contributed by atoms with van der Waals surface area (Å²) in [6, 6.07) is 12.6. The molecule has 10 heteroatoms. The van der Waals surface area contributed by atoms with Crippen molar-refractivity contribution < 1.29 is 19.2 Å². The largest absolute Gasteiger partial charge is 0.497 e. The predicted octanol–water partition coefficient (Wildman–Crippen LogP) is 2.77. The first-order valence-electron chi connectivity index (χ1n) is 8.37. The number of aromatic amines is 1. The number of carbonyl (C=O) groups is 1. The Morgan fingerprint density at radius 2 is 1.93 bits per heavy atom. The molecule has 0 aliphatic heterocycles. The van der Waals surface area contributed by atoms with E-state index in [2.05, 4.69) is 20.7 Å². The highest BCUT2D eigenvalue weighted by atomic mass is 16.6. The molecule has 2 aromatic carbocycles. The number of nitrogens with one attached hydrogen (secondary N) is 2. The average Bonchev–Trinajstić information content (AvgIpc) is 3.23. The fourth-order valence-corrected chi connectivity index (χ4v) is 2.49. The van der Waals surface area contributed by atoms with Crippen LogP contribution in [-0.4, -0.2) is 41.5 Å². The summed E-state index contributed by atoms with van der Waals surface area (Å²) in [6.45, 7) is 0. The molecule has 0 unspecified atom stereocenters. The fraction of sp³-hybridized carbons (Fsp3) is 0.105. The van der Waals surface area contributed by atoms with Crippen LogP contribution in [0.15, 0.2) is 53.6 Å². The Bertz CT molecular complexity index is 1060. The van der Waals surface area contributed by atoms with Gasteiger partial charge in [-0.2, -0.15) is 10.2 Å². The van der Waals surface area contributed by atoms with E-state index < -0.39 is 10.8 Å². The Kier molecular flexibility index (Phi) is 5.83. The Morgan fingerprint density at radius 3 is 2.59 bits per heavy atom. The second kappa shape index (κ2) is 8.65. The van der Waals surface area contributed by atoms with Crippen LogP contribution < -0.4 is 14.9 Å². The first-order valence-corrected chi connectivity index (χ1v) is 8.37. The summed E-state index contributed by atoms with van der Waals surface area (Å²) in [7, 11) is 3.09. The van der Waals surface area contributed by atoms with Crippen LogP contribution in [0, 0.1) is 10.1 Å². The van der Waals surface area contributed by atoms with E-state index in [0.29, 0.717) is 28.3 Å². The molecule has 0 aliphatic rings. The zero-order chi connectivity index (χ0) is 20.8. The van der Waals surface area contributed by atoms with Crippen molar-refractivity contribution in [2.24, 2.45) is 5.10 Å². The molecule has 0 aliphatic carbocycles. The molecule has 0 radical (unpaired) electrons. The molecule has 0 saturated heterocycles. The minimum atomic E-state index is -0.491. The standard InChI is InChI=1S/C19H17N5O5/c1-28-14-7-8-15(18(9-14)29-2)16-10-17(22-21-16)19(25)23-20-11-12-3-5-13(6-4-12)24(26)27/h3-11H,1-2H3,(H,21,22)(H,23,25)/b20-11+. The number of benzene rings is 2. The summed E-state index contributed by atoms with van der Waals surface area (Å²) in [5, 5.41) is 21.3. The molecular formula is C19H17N5O5. The number of rotatable bonds is 7. The lowest BCUT2D eigenvalue weighted by Gasteiger charge is -2.08. The summed E-state index contributed by atoms with van der Waals surface area (Å²) < 4.78 is 10.5. The quantitative estimate of drug-likeness (QED) is 0.359. The Labute approximate surface area is 165 Å². The van der Waals surface area contributed by atoms with Crippen LogP contribution in [0.25, 0.3) is 11.3 Å². The van der Waals surface area contributed by atoms with E-state index >= 15 is 0 Å². The van der Waals surface area contributed by atoms with Crippen molar-refractivity contribution >= 4 is 17.8 Å². The third kappa shape index (κ3) is 4.56. The van der Waals surface area contributed by atoms with Crippen LogP contribution in [0.3, 0.4) is 0 Å². The lowest BCUT2D eigenvalue weighted by atomic mass is 10.1. The Balaban J connectivity index is 1.69. The third-order valence-electron chi connectivity index (χ3n) is 3.99. The number of nitro groups is 1. The van der Waals surface area contributed by atoms with Crippen molar-refractivity contribution in [1.29, 1.82) is 0 Å². The van der Waals surface area contributed by atoms with Crippen molar-refractivity contribution in [2.75, 3.05) is 14.2 Å². The molecule has 2 N–H and O–H groups in total. The molecule has 1 amide bonds. The highest BCUT2D eigenvalue weighted by Gasteiger charge is 2.14. The molecule has 3 aromatic rings. The number of H-pyrrole nitrogens is 1. The van der Waals surface area contributed by atoms with Crippen LogP contribution in [0.5, 0.6) is 11.5 Å². The minimum absolute atomic E-state index is 0.0230. The monoisotopic (exact) mass is 395 g/mol. The SMILES string of the molecule is COc1ccc(-c2cc(C(=O)N/N=C/c3ccc([N+](=O)[O-])cc3)[nH]n2)c(OC)c1. The van der Waals surface area contributed by atoms with Crippen LogP contribution in [-0.2, 0) is 0 Å². The van der Waals surface area contributed by atoms with E-state index in [-0.39, 0.29) is 11.4 Å². The number of nitro benzene ring substituents is 1. The molecule has 0 bridgehead atoms. The van der Waals surface area contributed by atoms with Gasteiger partial charge in [-0.3, -0.25) is 20.0 Å². The van der Waals surface area contributed by atoms with Crippen molar-refractivity contribution in [2.45, 2.75) is 0 Å². The molecule has 148 valence electrons. The number of amides is 1. The summed E-state index contributed by atoms with van der Waals surface area (Å²) >= 11 is 0. The van der Waals surface area contributed by atoms with E-state index in [0.717, 1.165) is 0 Å².